The second-order valence-electron chi connectivity index (χ2n) is 17.6. The first kappa shape index (κ1) is 40.1. The number of pyridine rings is 3. The van der Waals surface area contributed by atoms with Crippen LogP contribution in [0.2, 0.25) is 0 Å². The fraction of sp³-hybridized carbons (Fsp3) is 0. The summed E-state index contributed by atoms with van der Waals surface area (Å²) in [5.41, 5.74) is 14.6. The second kappa shape index (κ2) is 16.3. The zero-order chi connectivity index (χ0) is 46.1. The van der Waals surface area contributed by atoms with Crippen LogP contribution in [-0.2, 0) is 0 Å². The smallest absolute Gasteiger partial charge is 0.140 e. The van der Waals surface area contributed by atoms with E-state index in [9.17, 15) is 0 Å². The number of para-hydroxylation sites is 2. The topological polar surface area (TPSA) is 51.8 Å². The summed E-state index contributed by atoms with van der Waals surface area (Å²) in [6.45, 7) is 0. The standard InChI is InChI=1S/C63H40N6S/c1-4-17-41(18-5-1)44-33-37-53-48(39-44)46-35-36-47-49-40-45(42-19-6-2-7-20-42)34-38-54(49)69(61-32-16-31-60(66-61)67-55-26-10-12-28-57(55)70-58-29-13-11-27-56(58)67)63(47)62(46)68(53)59-30-15-25-52(65-59)51-24-14-23-50(64-51)43-21-8-3-9-22-43/h1-40H. The average Bonchev–Trinajstić information content (AvgIpc) is 3.95. The highest BCUT2D eigenvalue weighted by atomic mass is 32.2. The van der Waals surface area contributed by atoms with Gasteiger partial charge in [0.2, 0.25) is 0 Å². The Kier molecular flexibility index (Phi) is 9.35. The fourth-order valence-corrected chi connectivity index (χ4v) is 11.4. The Labute approximate surface area is 408 Å². The number of rotatable bonds is 7. The van der Waals surface area contributed by atoms with Gasteiger partial charge in [-0.2, -0.15) is 0 Å². The summed E-state index contributed by atoms with van der Waals surface area (Å²) in [5.74, 6) is 2.45. The molecule has 0 bridgehead atoms. The van der Waals surface area contributed by atoms with Gasteiger partial charge in [-0.1, -0.05) is 169 Å². The molecule has 0 saturated carbocycles. The molecule has 14 rings (SSSR count). The lowest BCUT2D eigenvalue weighted by Gasteiger charge is -2.32. The van der Waals surface area contributed by atoms with E-state index in [2.05, 4.69) is 232 Å². The summed E-state index contributed by atoms with van der Waals surface area (Å²) in [4.78, 5) is 21.0. The Bertz CT molecular complexity index is 4120. The molecule has 0 spiro atoms. The van der Waals surface area contributed by atoms with E-state index in [-0.39, 0.29) is 0 Å². The van der Waals surface area contributed by atoms with Gasteiger partial charge in [0.1, 0.15) is 17.5 Å². The molecular weight excluding hydrogens is 873 g/mol. The van der Waals surface area contributed by atoms with Gasteiger partial charge >= 0.3 is 0 Å². The Morgan fingerprint density at radius 1 is 0.286 bits per heavy atom. The van der Waals surface area contributed by atoms with E-state index >= 15 is 0 Å². The minimum absolute atomic E-state index is 0.793. The zero-order valence-corrected chi connectivity index (χ0v) is 38.5. The SMILES string of the molecule is c1ccc(-c2ccc3c(c2)c2ccc4c5cc(-c6ccccc6)ccc5n(-c5cccc(N6c7ccccc7Sc7ccccc76)n5)c4c2n3-c2cccc(-c3cccc(-c4ccccc4)n3)n2)cc1. The van der Waals surface area contributed by atoms with Gasteiger partial charge in [0.05, 0.1) is 50.5 Å². The Morgan fingerprint density at radius 2 is 0.729 bits per heavy atom. The molecule has 5 aromatic heterocycles. The van der Waals surface area contributed by atoms with Crippen molar-refractivity contribution in [1.29, 1.82) is 0 Å². The molecule has 0 N–H and O–H groups in total. The lowest BCUT2D eigenvalue weighted by Crippen LogP contribution is -2.16. The third-order valence-electron chi connectivity index (χ3n) is 13.5. The predicted molar refractivity (Wildman–Crippen MR) is 289 cm³/mol. The van der Waals surface area contributed by atoms with Crippen LogP contribution in [0.15, 0.2) is 252 Å². The molecule has 0 fully saturated rings. The van der Waals surface area contributed by atoms with Crippen molar-refractivity contribution in [3.05, 3.63) is 243 Å². The summed E-state index contributed by atoms with van der Waals surface area (Å²) in [7, 11) is 0. The first-order chi connectivity index (χ1) is 34.7. The minimum atomic E-state index is 0.793. The Balaban J connectivity index is 1.07. The molecule has 8 aromatic carbocycles. The van der Waals surface area contributed by atoms with Crippen LogP contribution in [0.5, 0.6) is 0 Å². The van der Waals surface area contributed by atoms with Crippen molar-refractivity contribution in [2.45, 2.75) is 9.79 Å². The predicted octanol–water partition coefficient (Wildman–Crippen LogP) is 16.7. The number of hydrogen-bond donors (Lipinski definition) is 0. The summed E-state index contributed by atoms with van der Waals surface area (Å²) in [6, 6.07) is 86.0. The third kappa shape index (κ3) is 6.55. The number of nitrogens with zero attached hydrogens (tertiary/aromatic N) is 6. The molecule has 6 nitrogen and oxygen atoms in total. The van der Waals surface area contributed by atoms with E-state index in [0.717, 1.165) is 106 Å². The number of benzene rings is 8. The number of aromatic nitrogens is 5. The Morgan fingerprint density at radius 3 is 1.30 bits per heavy atom. The van der Waals surface area contributed by atoms with Crippen LogP contribution in [-0.4, -0.2) is 24.1 Å². The molecule has 1 aliphatic heterocycles. The zero-order valence-electron chi connectivity index (χ0n) is 37.7. The van der Waals surface area contributed by atoms with Gasteiger partial charge in [-0.25, -0.2) is 15.0 Å². The van der Waals surface area contributed by atoms with Gasteiger partial charge in [0, 0.05) is 36.9 Å². The number of hydrogen-bond acceptors (Lipinski definition) is 5. The molecule has 0 radical (unpaired) electrons. The van der Waals surface area contributed by atoms with Crippen LogP contribution in [0.1, 0.15) is 0 Å². The van der Waals surface area contributed by atoms with Crippen molar-refractivity contribution in [2.75, 3.05) is 4.90 Å². The van der Waals surface area contributed by atoms with Gasteiger partial charge < -0.3 is 0 Å². The highest BCUT2D eigenvalue weighted by Crippen LogP contribution is 2.51. The average molecular weight is 913 g/mol. The molecular formula is C63H40N6S. The molecule has 0 unspecified atom stereocenters. The first-order valence-corrected chi connectivity index (χ1v) is 24.3. The highest BCUT2D eigenvalue weighted by molar-refractivity contribution is 7.99. The number of anilines is 3. The molecule has 0 atom stereocenters. The third-order valence-corrected chi connectivity index (χ3v) is 14.7. The second-order valence-corrected chi connectivity index (χ2v) is 18.7. The van der Waals surface area contributed by atoms with Gasteiger partial charge in [-0.15, -0.1) is 0 Å². The van der Waals surface area contributed by atoms with E-state index in [1.807, 2.05) is 24.3 Å². The molecule has 1 aliphatic rings. The lowest BCUT2D eigenvalue weighted by atomic mass is 10.0. The molecule has 0 saturated heterocycles. The largest absolute Gasteiger partial charge is 0.293 e. The first-order valence-electron chi connectivity index (χ1n) is 23.5. The Hall–Kier alpha value is -9.04. The molecule has 0 aliphatic carbocycles. The molecule has 70 heavy (non-hydrogen) atoms. The van der Waals surface area contributed by atoms with Crippen molar-refractivity contribution in [2.24, 2.45) is 0 Å². The lowest BCUT2D eigenvalue weighted by molar-refractivity contribution is 1.04. The molecule has 0 amide bonds. The normalized spacial score (nSPS) is 12.2. The van der Waals surface area contributed by atoms with E-state index in [0.29, 0.717) is 0 Å². The summed E-state index contributed by atoms with van der Waals surface area (Å²) in [6.07, 6.45) is 0. The maximum atomic E-state index is 5.67. The quantitative estimate of drug-likeness (QED) is 0.159. The van der Waals surface area contributed by atoms with E-state index in [1.54, 1.807) is 11.8 Å². The van der Waals surface area contributed by atoms with Crippen LogP contribution >= 0.6 is 11.8 Å². The summed E-state index contributed by atoms with van der Waals surface area (Å²) < 4.78 is 4.74. The maximum Gasteiger partial charge on any atom is 0.140 e. The minimum Gasteiger partial charge on any atom is -0.293 e. The van der Waals surface area contributed by atoms with Gasteiger partial charge in [0.15, 0.2) is 0 Å². The van der Waals surface area contributed by atoms with Gasteiger partial charge in [0.25, 0.3) is 0 Å². The van der Waals surface area contributed by atoms with Gasteiger partial charge in [-0.3, -0.25) is 14.0 Å². The number of fused-ring (bicyclic) bond motifs is 9. The van der Waals surface area contributed by atoms with Crippen molar-refractivity contribution in [1.82, 2.24) is 24.1 Å². The van der Waals surface area contributed by atoms with E-state index in [4.69, 9.17) is 15.0 Å². The van der Waals surface area contributed by atoms with Crippen molar-refractivity contribution in [3.63, 3.8) is 0 Å². The summed E-state index contributed by atoms with van der Waals surface area (Å²) in [5, 5.41) is 4.52. The van der Waals surface area contributed by atoms with Crippen LogP contribution in [0.3, 0.4) is 0 Å². The molecule has 6 heterocycles. The van der Waals surface area contributed by atoms with Crippen molar-refractivity contribution < 1.29 is 0 Å². The van der Waals surface area contributed by atoms with Crippen LogP contribution < -0.4 is 4.90 Å². The fourth-order valence-electron chi connectivity index (χ4n) is 10.3. The van der Waals surface area contributed by atoms with Crippen molar-refractivity contribution in [3.8, 4) is 56.5 Å². The van der Waals surface area contributed by atoms with E-state index in [1.165, 1.54) is 20.9 Å². The van der Waals surface area contributed by atoms with Crippen LogP contribution in [0.4, 0.5) is 17.2 Å². The molecule has 13 aromatic rings. The van der Waals surface area contributed by atoms with Crippen molar-refractivity contribution >= 4 is 72.6 Å². The van der Waals surface area contributed by atoms with E-state index < -0.39 is 0 Å². The van der Waals surface area contributed by atoms with Crippen LogP contribution in [0, 0.1) is 0 Å². The van der Waals surface area contributed by atoms with Crippen LogP contribution in [0.25, 0.3) is 100 Å². The monoisotopic (exact) mass is 912 g/mol. The maximum absolute atomic E-state index is 5.67. The molecule has 7 heteroatoms. The summed E-state index contributed by atoms with van der Waals surface area (Å²) >= 11 is 1.80. The highest BCUT2D eigenvalue weighted by Gasteiger charge is 2.27. The van der Waals surface area contributed by atoms with Gasteiger partial charge in [-0.05, 0) is 107 Å². The molecule has 328 valence electrons.